The second-order valence-corrected chi connectivity index (χ2v) is 6.43. The molecule has 0 spiro atoms. The summed E-state index contributed by atoms with van der Waals surface area (Å²) in [5.74, 6) is 1.09. The summed E-state index contributed by atoms with van der Waals surface area (Å²) < 4.78 is 0. The molecule has 1 aromatic rings. The van der Waals surface area contributed by atoms with Crippen molar-refractivity contribution in [2.24, 2.45) is 11.1 Å². The van der Waals surface area contributed by atoms with Gasteiger partial charge in [0, 0.05) is 17.2 Å². The lowest BCUT2D eigenvalue weighted by Crippen LogP contribution is -2.43. The molecule has 0 radical (unpaired) electrons. The Labute approximate surface area is 113 Å². The molecule has 1 amide bonds. The second kappa shape index (κ2) is 5.33. The molecule has 3 nitrogen and oxygen atoms in total. The number of benzene rings is 1. The Bertz CT molecular complexity index is 445. The molecule has 1 unspecified atom stereocenters. The first kappa shape index (κ1) is 13.4. The van der Waals surface area contributed by atoms with Gasteiger partial charge in [-0.1, -0.05) is 18.2 Å². The quantitative estimate of drug-likeness (QED) is 0.881. The van der Waals surface area contributed by atoms with Crippen LogP contribution in [0.2, 0.25) is 0 Å². The normalized spacial score (nSPS) is 19.2. The average molecular weight is 264 g/mol. The molecule has 98 valence electrons. The summed E-state index contributed by atoms with van der Waals surface area (Å²) in [5.41, 5.74) is 6.37. The van der Waals surface area contributed by atoms with Crippen LogP contribution in [-0.4, -0.2) is 18.2 Å². The van der Waals surface area contributed by atoms with E-state index in [2.05, 4.69) is 17.4 Å². The maximum atomic E-state index is 12.2. The zero-order valence-corrected chi connectivity index (χ0v) is 11.7. The lowest BCUT2D eigenvalue weighted by molar-refractivity contribution is -0.129. The van der Waals surface area contributed by atoms with Gasteiger partial charge >= 0.3 is 0 Å². The fourth-order valence-corrected chi connectivity index (χ4v) is 3.06. The SMILES string of the molecule is CC(C)(CN)C(=O)NC1CCSc2ccccc21. The molecule has 4 heteroatoms. The van der Waals surface area contributed by atoms with Gasteiger partial charge in [-0.05, 0) is 31.9 Å². The number of carbonyl (C=O) groups is 1. The Morgan fingerprint density at radius 1 is 1.50 bits per heavy atom. The fraction of sp³-hybridized carbons (Fsp3) is 0.500. The van der Waals surface area contributed by atoms with Crippen molar-refractivity contribution in [3.63, 3.8) is 0 Å². The first-order valence-electron chi connectivity index (χ1n) is 6.27. The monoisotopic (exact) mass is 264 g/mol. The van der Waals surface area contributed by atoms with E-state index in [1.807, 2.05) is 37.7 Å². The zero-order chi connectivity index (χ0) is 13.2. The highest BCUT2D eigenvalue weighted by Gasteiger charge is 2.29. The van der Waals surface area contributed by atoms with Crippen LogP contribution in [0.25, 0.3) is 0 Å². The Morgan fingerprint density at radius 2 is 2.22 bits per heavy atom. The molecule has 3 N–H and O–H groups in total. The van der Waals surface area contributed by atoms with Crippen molar-refractivity contribution in [1.29, 1.82) is 0 Å². The molecule has 18 heavy (non-hydrogen) atoms. The molecule has 0 saturated carbocycles. The Hall–Kier alpha value is -1.00. The van der Waals surface area contributed by atoms with Crippen molar-refractivity contribution >= 4 is 17.7 Å². The standard InChI is InChI=1S/C14H20N2OS/c1-14(2,9-15)13(17)16-11-7-8-18-12-6-4-3-5-10(11)12/h3-6,11H,7-9,15H2,1-2H3,(H,16,17). The van der Waals surface area contributed by atoms with Crippen molar-refractivity contribution in [2.75, 3.05) is 12.3 Å². The van der Waals surface area contributed by atoms with Crippen LogP contribution in [0.5, 0.6) is 0 Å². The smallest absolute Gasteiger partial charge is 0.227 e. The Balaban J connectivity index is 2.15. The number of fused-ring (bicyclic) bond motifs is 1. The summed E-state index contributed by atoms with van der Waals surface area (Å²) in [6.07, 6.45) is 0.980. The highest BCUT2D eigenvalue weighted by molar-refractivity contribution is 7.99. The van der Waals surface area contributed by atoms with Crippen molar-refractivity contribution in [3.8, 4) is 0 Å². The van der Waals surface area contributed by atoms with Crippen LogP contribution in [0.3, 0.4) is 0 Å². The van der Waals surface area contributed by atoms with Crippen molar-refractivity contribution in [1.82, 2.24) is 5.32 Å². The summed E-state index contributed by atoms with van der Waals surface area (Å²) in [6, 6.07) is 8.41. The minimum Gasteiger partial charge on any atom is -0.349 e. The van der Waals surface area contributed by atoms with Gasteiger partial charge in [0.15, 0.2) is 0 Å². The third kappa shape index (κ3) is 2.70. The molecule has 0 bridgehead atoms. The maximum Gasteiger partial charge on any atom is 0.227 e. The van der Waals surface area contributed by atoms with Crippen LogP contribution in [-0.2, 0) is 4.79 Å². The van der Waals surface area contributed by atoms with Gasteiger partial charge in [-0.15, -0.1) is 11.8 Å². The molecule has 1 aliphatic rings. The molecule has 1 atom stereocenters. The fourth-order valence-electron chi connectivity index (χ4n) is 1.94. The molecule has 1 heterocycles. The minimum atomic E-state index is -0.500. The number of nitrogens with one attached hydrogen (secondary N) is 1. The number of hydrogen-bond acceptors (Lipinski definition) is 3. The Kier molecular flexibility index (Phi) is 3.97. The molecular formula is C14H20N2OS. The van der Waals surface area contributed by atoms with Gasteiger partial charge in [-0.2, -0.15) is 0 Å². The van der Waals surface area contributed by atoms with Gasteiger partial charge in [-0.3, -0.25) is 4.79 Å². The molecule has 0 fully saturated rings. The van der Waals surface area contributed by atoms with Crippen LogP contribution >= 0.6 is 11.8 Å². The second-order valence-electron chi connectivity index (χ2n) is 5.29. The van der Waals surface area contributed by atoms with Crippen molar-refractivity contribution in [3.05, 3.63) is 29.8 Å². The highest BCUT2D eigenvalue weighted by atomic mass is 32.2. The lowest BCUT2D eigenvalue weighted by Gasteiger charge is -2.30. The van der Waals surface area contributed by atoms with E-state index in [4.69, 9.17) is 5.73 Å². The van der Waals surface area contributed by atoms with Crippen LogP contribution in [0.15, 0.2) is 29.2 Å². The summed E-state index contributed by atoms with van der Waals surface area (Å²) in [4.78, 5) is 13.5. The predicted octanol–water partition coefficient (Wildman–Crippen LogP) is 2.32. The van der Waals surface area contributed by atoms with E-state index in [0.29, 0.717) is 6.54 Å². The molecule has 0 aromatic heterocycles. The van der Waals surface area contributed by atoms with E-state index in [-0.39, 0.29) is 11.9 Å². The van der Waals surface area contributed by atoms with Gasteiger partial charge < -0.3 is 11.1 Å². The van der Waals surface area contributed by atoms with Gasteiger partial charge in [0.1, 0.15) is 0 Å². The van der Waals surface area contributed by atoms with E-state index in [9.17, 15) is 4.79 Å². The number of rotatable bonds is 3. The van der Waals surface area contributed by atoms with Crippen LogP contribution in [0.4, 0.5) is 0 Å². The van der Waals surface area contributed by atoms with Gasteiger partial charge in [0.2, 0.25) is 5.91 Å². The molecule has 1 aliphatic heterocycles. The van der Waals surface area contributed by atoms with E-state index in [0.717, 1.165) is 12.2 Å². The number of nitrogens with two attached hydrogens (primary N) is 1. The molecule has 1 aromatic carbocycles. The van der Waals surface area contributed by atoms with E-state index >= 15 is 0 Å². The zero-order valence-electron chi connectivity index (χ0n) is 10.9. The third-order valence-corrected chi connectivity index (χ3v) is 4.51. The van der Waals surface area contributed by atoms with Crippen LogP contribution in [0.1, 0.15) is 31.9 Å². The molecule has 0 saturated heterocycles. The first-order chi connectivity index (χ1) is 8.54. The number of amides is 1. The topological polar surface area (TPSA) is 55.1 Å². The molecule has 0 aliphatic carbocycles. The summed E-state index contributed by atoms with van der Waals surface area (Å²) >= 11 is 1.86. The summed E-state index contributed by atoms with van der Waals surface area (Å²) in [6.45, 7) is 4.12. The first-order valence-corrected chi connectivity index (χ1v) is 7.26. The average Bonchev–Trinajstić information content (AvgIpc) is 2.39. The number of carbonyl (C=O) groups excluding carboxylic acids is 1. The maximum absolute atomic E-state index is 12.2. The number of thioether (sulfide) groups is 1. The van der Waals surface area contributed by atoms with E-state index in [1.54, 1.807) is 0 Å². The van der Waals surface area contributed by atoms with E-state index in [1.165, 1.54) is 10.5 Å². The van der Waals surface area contributed by atoms with Gasteiger partial charge in [0.05, 0.1) is 11.5 Å². The highest BCUT2D eigenvalue weighted by Crippen LogP contribution is 2.36. The van der Waals surface area contributed by atoms with E-state index < -0.39 is 5.41 Å². The number of hydrogen-bond donors (Lipinski definition) is 2. The largest absolute Gasteiger partial charge is 0.349 e. The minimum absolute atomic E-state index is 0.0386. The molecule has 2 rings (SSSR count). The predicted molar refractivity (Wildman–Crippen MR) is 75.5 cm³/mol. The molecular weight excluding hydrogens is 244 g/mol. The Morgan fingerprint density at radius 3 is 2.94 bits per heavy atom. The summed E-state index contributed by atoms with van der Waals surface area (Å²) in [5, 5.41) is 3.13. The van der Waals surface area contributed by atoms with Crippen molar-refractivity contribution in [2.45, 2.75) is 31.2 Å². The van der Waals surface area contributed by atoms with Gasteiger partial charge in [0.25, 0.3) is 0 Å². The third-order valence-electron chi connectivity index (χ3n) is 3.39. The van der Waals surface area contributed by atoms with Crippen LogP contribution < -0.4 is 11.1 Å². The summed E-state index contributed by atoms with van der Waals surface area (Å²) in [7, 11) is 0. The van der Waals surface area contributed by atoms with Crippen molar-refractivity contribution < 1.29 is 4.79 Å². The lowest BCUT2D eigenvalue weighted by atomic mass is 9.91. The van der Waals surface area contributed by atoms with Crippen LogP contribution in [0, 0.1) is 5.41 Å². The van der Waals surface area contributed by atoms with Gasteiger partial charge in [-0.25, -0.2) is 0 Å².